The maximum Gasteiger partial charge on any atom is 0.333 e. The van der Waals surface area contributed by atoms with E-state index < -0.39 is 0 Å². The third-order valence-corrected chi connectivity index (χ3v) is 5.12. The Morgan fingerprint density at radius 1 is 1.17 bits per heavy atom. The third kappa shape index (κ3) is 2.10. The van der Waals surface area contributed by atoms with E-state index in [0.717, 1.165) is 49.0 Å². The van der Waals surface area contributed by atoms with Crippen molar-refractivity contribution in [2.75, 3.05) is 0 Å². The van der Waals surface area contributed by atoms with Crippen LogP contribution in [0.1, 0.15) is 58.8 Å². The first-order valence-electron chi connectivity index (χ1n) is 7.50. The minimum Gasteiger partial charge on any atom is -0.456 e. The molecule has 4 bridgehead atoms. The standard InChI is InChI=1S/C16H24O2/c1-3-4-11(2)15(17)18-16-8-12-5-13(9-16)7-14(6-12)10-16/h4,12-14H,3,5-10H2,1-2H3/b11-4+. The van der Waals surface area contributed by atoms with Gasteiger partial charge in [-0.1, -0.05) is 13.0 Å². The number of ether oxygens (including phenoxy) is 1. The van der Waals surface area contributed by atoms with Gasteiger partial charge in [-0.05, 0) is 69.6 Å². The van der Waals surface area contributed by atoms with Gasteiger partial charge in [0.25, 0.3) is 0 Å². The average Bonchev–Trinajstić information content (AvgIpc) is 2.26. The molecule has 0 aliphatic heterocycles. The molecule has 0 atom stereocenters. The first kappa shape index (κ1) is 12.3. The first-order chi connectivity index (χ1) is 8.60. The Hall–Kier alpha value is -0.790. The summed E-state index contributed by atoms with van der Waals surface area (Å²) in [7, 11) is 0. The molecule has 0 spiro atoms. The quantitative estimate of drug-likeness (QED) is 0.560. The Morgan fingerprint density at radius 3 is 2.11 bits per heavy atom. The second kappa shape index (κ2) is 4.40. The lowest BCUT2D eigenvalue weighted by Gasteiger charge is -2.55. The molecule has 4 fully saturated rings. The molecule has 4 rings (SSSR count). The van der Waals surface area contributed by atoms with Gasteiger partial charge in [0, 0.05) is 5.57 Å². The van der Waals surface area contributed by atoms with E-state index in [-0.39, 0.29) is 11.6 Å². The number of carbonyl (C=O) groups is 1. The molecule has 2 heteroatoms. The van der Waals surface area contributed by atoms with E-state index in [0.29, 0.717) is 0 Å². The molecule has 0 unspecified atom stereocenters. The van der Waals surface area contributed by atoms with Crippen LogP contribution in [0, 0.1) is 17.8 Å². The van der Waals surface area contributed by atoms with Gasteiger partial charge in [0.1, 0.15) is 5.60 Å². The summed E-state index contributed by atoms with van der Waals surface area (Å²) >= 11 is 0. The molecule has 0 heterocycles. The summed E-state index contributed by atoms with van der Waals surface area (Å²) in [4.78, 5) is 12.1. The van der Waals surface area contributed by atoms with Crippen molar-refractivity contribution in [2.45, 2.75) is 64.4 Å². The van der Waals surface area contributed by atoms with Gasteiger partial charge in [0.2, 0.25) is 0 Å². The molecule has 0 aromatic rings. The fourth-order valence-electron chi connectivity index (χ4n) is 4.82. The van der Waals surface area contributed by atoms with E-state index in [1.165, 1.54) is 19.3 Å². The summed E-state index contributed by atoms with van der Waals surface area (Å²) < 4.78 is 5.96. The summed E-state index contributed by atoms with van der Waals surface area (Å²) in [5.41, 5.74) is 0.697. The van der Waals surface area contributed by atoms with Crippen LogP contribution >= 0.6 is 0 Å². The maximum absolute atomic E-state index is 12.1. The van der Waals surface area contributed by atoms with Crippen molar-refractivity contribution >= 4 is 5.97 Å². The second-order valence-electron chi connectivity index (χ2n) is 6.79. The Balaban J connectivity index is 1.72. The van der Waals surface area contributed by atoms with Crippen molar-refractivity contribution in [3.05, 3.63) is 11.6 Å². The Labute approximate surface area is 110 Å². The fraction of sp³-hybridized carbons (Fsp3) is 0.812. The molecule has 0 saturated heterocycles. The zero-order chi connectivity index (χ0) is 12.8. The zero-order valence-electron chi connectivity index (χ0n) is 11.6. The monoisotopic (exact) mass is 248 g/mol. The van der Waals surface area contributed by atoms with Crippen LogP contribution in [0.5, 0.6) is 0 Å². The number of hydrogen-bond acceptors (Lipinski definition) is 2. The number of carbonyl (C=O) groups excluding carboxylic acids is 1. The van der Waals surface area contributed by atoms with Gasteiger partial charge < -0.3 is 4.74 Å². The normalized spacial score (nSPS) is 42.1. The van der Waals surface area contributed by atoms with Crippen LogP contribution < -0.4 is 0 Å². The van der Waals surface area contributed by atoms with Crippen LogP contribution in [-0.2, 0) is 9.53 Å². The van der Waals surface area contributed by atoms with Gasteiger partial charge in [0.05, 0.1) is 0 Å². The largest absolute Gasteiger partial charge is 0.456 e. The van der Waals surface area contributed by atoms with E-state index in [4.69, 9.17) is 4.74 Å². The topological polar surface area (TPSA) is 26.3 Å². The van der Waals surface area contributed by atoms with E-state index >= 15 is 0 Å². The van der Waals surface area contributed by atoms with Crippen LogP contribution in [-0.4, -0.2) is 11.6 Å². The lowest BCUT2D eigenvalue weighted by molar-refractivity contribution is -0.182. The molecule has 0 amide bonds. The molecule has 0 N–H and O–H groups in total. The number of esters is 1. The SMILES string of the molecule is CC/C=C(\C)C(=O)OC12CC3CC(CC(C3)C1)C2. The Morgan fingerprint density at radius 2 is 1.67 bits per heavy atom. The summed E-state index contributed by atoms with van der Waals surface area (Å²) in [6, 6.07) is 0. The maximum atomic E-state index is 12.1. The highest BCUT2D eigenvalue weighted by atomic mass is 16.6. The number of rotatable bonds is 3. The van der Waals surface area contributed by atoms with E-state index in [1.54, 1.807) is 0 Å². The van der Waals surface area contributed by atoms with Crippen molar-refractivity contribution in [3.63, 3.8) is 0 Å². The molecule has 18 heavy (non-hydrogen) atoms. The first-order valence-corrected chi connectivity index (χ1v) is 7.50. The van der Waals surface area contributed by atoms with Crippen molar-refractivity contribution < 1.29 is 9.53 Å². The predicted molar refractivity (Wildman–Crippen MR) is 71.0 cm³/mol. The zero-order valence-corrected chi connectivity index (χ0v) is 11.6. The van der Waals surface area contributed by atoms with Gasteiger partial charge >= 0.3 is 5.97 Å². The van der Waals surface area contributed by atoms with Crippen LogP contribution in [0.4, 0.5) is 0 Å². The molecular weight excluding hydrogens is 224 g/mol. The molecule has 100 valence electrons. The highest BCUT2D eigenvalue weighted by molar-refractivity contribution is 5.88. The Bertz CT molecular complexity index is 345. The van der Waals surface area contributed by atoms with E-state index in [2.05, 4.69) is 6.92 Å². The van der Waals surface area contributed by atoms with Crippen LogP contribution in [0.15, 0.2) is 11.6 Å². The Kier molecular flexibility index (Phi) is 2.99. The van der Waals surface area contributed by atoms with Crippen LogP contribution in [0.2, 0.25) is 0 Å². The third-order valence-electron chi connectivity index (χ3n) is 5.12. The van der Waals surface area contributed by atoms with Gasteiger partial charge in [-0.25, -0.2) is 4.79 Å². The number of allylic oxidation sites excluding steroid dienone is 1. The highest BCUT2D eigenvalue weighted by Crippen LogP contribution is 2.57. The summed E-state index contributed by atoms with van der Waals surface area (Å²) in [6.45, 7) is 3.94. The lowest BCUT2D eigenvalue weighted by Crippen LogP contribution is -2.52. The molecule has 0 aromatic carbocycles. The summed E-state index contributed by atoms with van der Waals surface area (Å²) in [5, 5.41) is 0. The van der Waals surface area contributed by atoms with Crippen molar-refractivity contribution in [3.8, 4) is 0 Å². The van der Waals surface area contributed by atoms with Crippen LogP contribution in [0.3, 0.4) is 0 Å². The molecule has 4 aliphatic carbocycles. The second-order valence-corrected chi connectivity index (χ2v) is 6.79. The van der Waals surface area contributed by atoms with Crippen molar-refractivity contribution in [1.82, 2.24) is 0 Å². The van der Waals surface area contributed by atoms with E-state index in [9.17, 15) is 4.79 Å². The minimum absolute atomic E-state index is 0.0706. The van der Waals surface area contributed by atoms with Gasteiger partial charge in [-0.15, -0.1) is 0 Å². The predicted octanol–water partition coefficient (Wildman–Crippen LogP) is 3.85. The highest BCUT2D eigenvalue weighted by Gasteiger charge is 2.53. The summed E-state index contributed by atoms with van der Waals surface area (Å²) in [6.07, 6.45) is 10.4. The molecule has 2 nitrogen and oxygen atoms in total. The molecule has 4 saturated carbocycles. The van der Waals surface area contributed by atoms with Gasteiger partial charge in [-0.3, -0.25) is 0 Å². The van der Waals surface area contributed by atoms with Gasteiger partial charge in [-0.2, -0.15) is 0 Å². The average molecular weight is 248 g/mol. The molecule has 0 radical (unpaired) electrons. The molecule has 4 aliphatic rings. The van der Waals surface area contributed by atoms with Crippen LogP contribution in [0.25, 0.3) is 0 Å². The smallest absolute Gasteiger partial charge is 0.333 e. The number of hydrogen-bond donors (Lipinski definition) is 0. The lowest BCUT2D eigenvalue weighted by atomic mass is 9.54. The van der Waals surface area contributed by atoms with Gasteiger partial charge in [0.15, 0.2) is 0 Å². The minimum atomic E-state index is -0.0886. The fourth-order valence-corrected chi connectivity index (χ4v) is 4.82. The molecular formula is C16H24O2. The van der Waals surface area contributed by atoms with Crippen molar-refractivity contribution in [1.29, 1.82) is 0 Å². The van der Waals surface area contributed by atoms with Crippen molar-refractivity contribution in [2.24, 2.45) is 17.8 Å². The summed E-state index contributed by atoms with van der Waals surface area (Å²) in [5.74, 6) is 2.43. The van der Waals surface area contributed by atoms with E-state index in [1.807, 2.05) is 13.0 Å². The molecule has 0 aromatic heterocycles.